The van der Waals surface area contributed by atoms with E-state index in [-0.39, 0.29) is 5.78 Å². The van der Waals surface area contributed by atoms with E-state index in [2.05, 4.69) is 15.9 Å². The molecule has 0 radical (unpaired) electrons. The summed E-state index contributed by atoms with van der Waals surface area (Å²) in [6, 6.07) is 5.43. The van der Waals surface area contributed by atoms with Crippen molar-refractivity contribution >= 4 is 33.0 Å². The van der Waals surface area contributed by atoms with E-state index in [1.807, 2.05) is 24.4 Å². The molecule has 2 rings (SSSR count). The maximum atomic E-state index is 11.9. The smallest absolute Gasteiger partial charge is 0.239 e. The molecular weight excluding hydrogens is 276 g/mol. The largest absolute Gasteiger partial charge is 0.458 e. The Balaban J connectivity index is 2.32. The molecule has 0 saturated heterocycles. The van der Waals surface area contributed by atoms with Gasteiger partial charge in [-0.25, -0.2) is 0 Å². The van der Waals surface area contributed by atoms with Crippen LogP contribution in [0.15, 0.2) is 32.5 Å². The van der Waals surface area contributed by atoms with Crippen LogP contribution in [0.4, 0.5) is 0 Å². The van der Waals surface area contributed by atoms with Gasteiger partial charge in [0, 0.05) is 10.9 Å². The van der Waals surface area contributed by atoms with Crippen LogP contribution < -0.4 is 0 Å². The number of halogens is 1. The molecule has 0 fully saturated rings. The molecule has 0 aliphatic heterocycles. The number of rotatable bonds is 3. The molecule has 0 aliphatic rings. The molecule has 0 spiro atoms. The summed E-state index contributed by atoms with van der Waals surface area (Å²) < 4.78 is 6.24. The third-order valence-corrected chi connectivity index (χ3v) is 3.89. The standard InChI is InChI=1S/C11H9BrO2S/c1-2-7-3-4-9(14-7)10(13)11-8(12)5-6-15-11/h3-6H,2H2,1H3. The van der Waals surface area contributed by atoms with Gasteiger partial charge in [-0.05, 0) is 39.5 Å². The average molecular weight is 285 g/mol. The lowest BCUT2D eigenvalue weighted by Gasteiger charge is -1.94. The fraction of sp³-hybridized carbons (Fsp3) is 0.182. The van der Waals surface area contributed by atoms with Crippen LogP contribution in [0.3, 0.4) is 0 Å². The predicted octanol–water partition coefficient (Wildman–Crippen LogP) is 3.90. The normalized spacial score (nSPS) is 10.5. The van der Waals surface area contributed by atoms with E-state index in [0.29, 0.717) is 10.6 Å². The number of carbonyl (C=O) groups is 1. The first-order valence-electron chi connectivity index (χ1n) is 4.58. The Kier molecular flexibility index (Phi) is 3.07. The summed E-state index contributed by atoms with van der Waals surface area (Å²) in [4.78, 5) is 12.6. The number of aryl methyl sites for hydroxylation is 1. The molecule has 0 unspecified atom stereocenters. The molecule has 0 bridgehead atoms. The van der Waals surface area contributed by atoms with Crippen LogP contribution in [0.2, 0.25) is 0 Å². The highest BCUT2D eigenvalue weighted by atomic mass is 79.9. The first-order valence-corrected chi connectivity index (χ1v) is 6.26. The molecular formula is C11H9BrO2S. The Bertz CT molecular complexity index is 484. The summed E-state index contributed by atoms with van der Waals surface area (Å²) in [6.07, 6.45) is 0.804. The van der Waals surface area contributed by atoms with Gasteiger partial charge in [-0.1, -0.05) is 6.92 Å². The molecule has 0 amide bonds. The highest BCUT2D eigenvalue weighted by molar-refractivity contribution is 9.10. The fourth-order valence-corrected chi connectivity index (χ4v) is 2.75. The van der Waals surface area contributed by atoms with E-state index in [1.54, 1.807) is 6.07 Å². The molecule has 0 aromatic carbocycles. The van der Waals surface area contributed by atoms with Gasteiger partial charge in [-0.2, -0.15) is 0 Å². The van der Waals surface area contributed by atoms with Gasteiger partial charge < -0.3 is 4.42 Å². The van der Waals surface area contributed by atoms with Crippen molar-refractivity contribution < 1.29 is 9.21 Å². The Morgan fingerprint density at radius 1 is 1.47 bits per heavy atom. The van der Waals surface area contributed by atoms with Crippen LogP contribution >= 0.6 is 27.3 Å². The predicted molar refractivity (Wildman–Crippen MR) is 63.5 cm³/mol. The molecule has 2 nitrogen and oxygen atoms in total. The van der Waals surface area contributed by atoms with E-state index in [1.165, 1.54) is 11.3 Å². The molecule has 15 heavy (non-hydrogen) atoms. The van der Waals surface area contributed by atoms with E-state index >= 15 is 0 Å². The maximum absolute atomic E-state index is 11.9. The zero-order valence-electron chi connectivity index (χ0n) is 8.12. The molecule has 2 aromatic rings. The molecule has 0 aliphatic carbocycles. The zero-order valence-corrected chi connectivity index (χ0v) is 10.5. The lowest BCUT2D eigenvalue weighted by atomic mass is 10.2. The summed E-state index contributed by atoms with van der Waals surface area (Å²) in [5, 5.41) is 1.88. The number of furan rings is 1. The third-order valence-electron chi connectivity index (χ3n) is 2.06. The Morgan fingerprint density at radius 3 is 2.80 bits per heavy atom. The highest BCUT2D eigenvalue weighted by Gasteiger charge is 2.17. The van der Waals surface area contributed by atoms with Crippen LogP contribution in [0.5, 0.6) is 0 Å². The number of ketones is 1. The summed E-state index contributed by atoms with van der Waals surface area (Å²) in [5.74, 6) is 1.19. The maximum Gasteiger partial charge on any atom is 0.239 e. The van der Waals surface area contributed by atoms with Gasteiger partial charge in [0.05, 0.1) is 4.88 Å². The summed E-state index contributed by atoms with van der Waals surface area (Å²) in [7, 11) is 0. The molecule has 4 heteroatoms. The van der Waals surface area contributed by atoms with Crippen molar-refractivity contribution in [2.45, 2.75) is 13.3 Å². The first kappa shape index (κ1) is 10.6. The first-order chi connectivity index (χ1) is 7.22. The van der Waals surface area contributed by atoms with Gasteiger partial charge in [-0.3, -0.25) is 4.79 Å². The minimum atomic E-state index is -0.0587. The second kappa shape index (κ2) is 4.33. The number of thiophene rings is 1. The van der Waals surface area contributed by atoms with Gasteiger partial charge in [0.1, 0.15) is 5.76 Å². The fourth-order valence-electron chi connectivity index (χ4n) is 1.26. The molecule has 0 N–H and O–H groups in total. The lowest BCUT2D eigenvalue weighted by molar-refractivity contribution is 0.101. The van der Waals surface area contributed by atoms with Crippen LogP contribution in [0.25, 0.3) is 0 Å². The van der Waals surface area contributed by atoms with E-state index in [4.69, 9.17) is 4.42 Å². The average Bonchev–Trinajstić information content (AvgIpc) is 2.84. The lowest BCUT2D eigenvalue weighted by Crippen LogP contribution is -1.96. The van der Waals surface area contributed by atoms with Crippen molar-refractivity contribution in [2.24, 2.45) is 0 Å². The van der Waals surface area contributed by atoms with Crippen molar-refractivity contribution in [3.8, 4) is 0 Å². The number of carbonyl (C=O) groups excluding carboxylic acids is 1. The third kappa shape index (κ3) is 2.06. The minimum absolute atomic E-state index is 0.0587. The van der Waals surface area contributed by atoms with Crippen molar-refractivity contribution in [3.05, 3.63) is 44.4 Å². The van der Waals surface area contributed by atoms with E-state index in [0.717, 1.165) is 16.7 Å². The van der Waals surface area contributed by atoms with Gasteiger partial charge in [0.15, 0.2) is 5.76 Å². The Morgan fingerprint density at radius 2 is 2.27 bits per heavy atom. The topological polar surface area (TPSA) is 30.2 Å². The van der Waals surface area contributed by atoms with Gasteiger partial charge in [0.2, 0.25) is 5.78 Å². The van der Waals surface area contributed by atoms with Gasteiger partial charge >= 0.3 is 0 Å². The number of hydrogen-bond acceptors (Lipinski definition) is 3. The summed E-state index contributed by atoms with van der Waals surface area (Å²) in [5.41, 5.74) is 0. The van der Waals surface area contributed by atoms with Crippen LogP contribution in [-0.2, 0) is 6.42 Å². The van der Waals surface area contributed by atoms with Crippen molar-refractivity contribution in [3.63, 3.8) is 0 Å². The van der Waals surface area contributed by atoms with Crippen LogP contribution in [0, 0.1) is 0 Å². The van der Waals surface area contributed by atoms with Crippen LogP contribution in [0.1, 0.15) is 28.1 Å². The minimum Gasteiger partial charge on any atom is -0.458 e. The molecule has 0 atom stereocenters. The molecule has 78 valence electrons. The number of hydrogen-bond donors (Lipinski definition) is 0. The van der Waals surface area contributed by atoms with E-state index in [9.17, 15) is 4.79 Å². The Labute approximate surface area is 100 Å². The highest BCUT2D eigenvalue weighted by Crippen LogP contribution is 2.26. The second-order valence-electron chi connectivity index (χ2n) is 3.05. The van der Waals surface area contributed by atoms with Gasteiger partial charge in [-0.15, -0.1) is 11.3 Å². The Hall–Kier alpha value is -0.870. The quantitative estimate of drug-likeness (QED) is 0.801. The SMILES string of the molecule is CCc1ccc(C(=O)c2sccc2Br)o1. The van der Waals surface area contributed by atoms with Crippen LogP contribution in [-0.4, -0.2) is 5.78 Å². The zero-order chi connectivity index (χ0) is 10.8. The molecule has 0 saturated carbocycles. The monoisotopic (exact) mass is 284 g/mol. The van der Waals surface area contributed by atoms with E-state index < -0.39 is 0 Å². The van der Waals surface area contributed by atoms with Crippen molar-refractivity contribution in [1.82, 2.24) is 0 Å². The molecule has 2 aromatic heterocycles. The van der Waals surface area contributed by atoms with Crippen molar-refractivity contribution in [1.29, 1.82) is 0 Å². The van der Waals surface area contributed by atoms with Gasteiger partial charge in [0.25, 0.3) is 0 Å². The van der Waals surface area contributed by atoms with Crippen molar-refractivity contribution in [2.75, 3.05) is 0 Å². The molecule has 2 heterocycles. The summed E-state index contributed by atoms with van der Waals surface area (Å²) >= 11 is 4.75. The summed E-state index contributed by atoms with van der Waals surface area (Å²) in [6.45, 7) is 1.99. The second-order valence-corrected chi connectivity index (χ2v) is 4.82.